The Bertz CT molecular complexity index is 1340. The van der Waals surface area contributed by atoms with Crippen LogP contribution in [0.5, 0.6) is 11.5 Å². The Morgan fingerprint density at radius 1 is 0.944 bits per heavy atom. The molecule has 9 nitrogen and oxygen atoms in total. The number of sulfonamides is 1. The van der Waals surface area contributed by atoms with Crippen molar-refractivity contribution in [2.24, 2.45) is 0 Å². The van der Waals surface area contributed by atoms with Crippen molar-refractivity contribution in [1.82, 2.24) is 0 Å². The van der Waals surface area contributed by atoms with Crippen LogP contribution in [-0.2, 0) is 19.6 Å². The minimum Gasteiger partial charge on any atom is -0.497 e. The van der Waals surface area contributed by atoms with Crippen molar-refractivity contribution in [2.45, 2.75) is 18.7 Å². The highest BCUT2D eigenvalue weighted by Gasteiger charge is 2.30. The number of nitrogens with one attached hydrogen (secondary N) is 1. The fraction of sp³-hybridized carbons (Fsp3) is 0.231. The van der Waals surface area contributed by atoms with E-state index in [1.165, 1.54) is 38.5 Å². The Kier molecular flexibility index (Phi) is 8.55. The van der Waals surface area contributed by atoms with Crippen LogP contribution >= 0.6 is 0 Å². The standard InChI is InChI=1S/C26H28N2O7S/c1-5-35-26(30)19-11-13-22(18(2)15-19)27-25(29)17-28(36(31,32)21-9-7-6-8-10-21)23-14-12-20(33-3)16-24(23)34-4/h6-16H,5,17H2,1-4H3,(H,27,29). The number of carbonyl (C=O) groups is 2. The van der Waals surface area contributed by atoms with Crippen molar-refractivity contribution in [3.8, 4) is 11.5 Å². The van der Waals surface area contributed by atoms with Crippen LogP contribution in [0.15, 0.2) is 71.6 Å². The van der Waals surface area contributed by atoms with E-state index in [9.17, 15) is 18.0 Å². The van der Waals surface area contributed by atoms with Crippen LogP contribution in [-0.4, -0.2) is 47.7 Å². The number of methoxy groups -OCH3 is 2. The minimum absolute atomic E-state index is 0.0191. The number of anilines is 2. The van der Waals surface area contributed by atoms with Crippen LogP contribution in [0.4, 0.5) is 11.4 Å². The molecule has 0 bridgehead atoms. The van der Waals surface area contributed by atoms with Gasteiger partial charge in [0.05, 0.1) is 37.0 Å². The summed E-state index contributed by atoms with van der Waals surface area (Å²) in [6, 6.07) is 17.2. The maximum atomic E-state index is 13.6. The topological polar surface area (TPSA) is 111 Å². The van der Waals surface area contributed by atoms with Crippen molar-refractivity contribution >= 4 is 33.3 Å². The summed E-state index contributed by atoms with van der Waals surface area (Å²) in [7, 11) is -1.25. The number of hydrogen-bond acceptors (Lipinski definition) is 7. The van der Waals surface area contributed by atoms with E-state index in [1.54, 1.807) is 56.3 Å². The summed E-state index contributed by atoms with van der Waals surface area (Å²) in [5, 5.41) is 2.73. The summed E-state index contributed by atoms with van der Waals surface area (Å²) in [5.41, 5.74) is 1.58. The third kappa shape index (κ3) is 5.95. The van der Waals surface area contributed by atoms with Crippen LogP contribution in [0.1, 0.15) is 22.8 Å². The molecule has 1 N–H and O–H groups in total. The summed E-state index contributed by atoms with van der Waals surface area (Å²) >= 11 is 0. The van der Waals surface area contributed by atoms with Gasteiger partial charge in [-0.1, -0.05) is 18.2 Å². The molecule has 3 aromatic carbocycles. The highest BCUT2D eigenvalue weighted by molar-refractivity contribution is 7.92. The molecule has 0 spiro atoms. The lowest BCUT2D eigenvalue weighted by molar-refractivity contribution is -0.114. The Morgan fingerprint density at radius 3 is 2.28 bits per heavy atom. The van der Waals surface area contributed by atoms with Crippen molar-refractivity contribution in [3.63, 3.8) is 0 Å². The first-order chi connectivity index (χ1) is 17.2. The van der Waals surface area contributed by atoms with Gasteiger partial charge < -0.3 is 19.5 Å². The molecule has 0 aliphatic carbocycles. The number of ether oxygens (including phenoxy) is 3. The number of esters is 1. The number of hydrogen-bond donors (Lipinski definition) is 1. The molecule has 0 heterocycles. The van der Waals surface area contributed by atoms with Gasteiger partial charge in [0, 0.05) is 11.8 Å². The predicted molar refractivity (Wildman–Crippen MR) is 136 cm³/mol. The number of amides is 1. The van der Waals surface area contributed by atoms with Gasteiger partial charge >= 0.3 is 5.97 Å². The number of carbonyl (C=O) groups excluding carboxylic acids is 2. The van der Waals surface area contributed by atoms with Crippen molar-refractivity contribution < 1.29 is 32.2 Å². The average Bonchev–Trinajstić information content (AvgIpc) is 2.88. The second kappa shape index (κ2) is 11.6. The normalized spacial score (nSPS) is 10.9. The maximum Gasteiger partial charge on any atom is 0.338 e. The average molecular weight is 513 g/mol. The first-order valence-electron chi connectivity index (χ1n) is 11.1. The first-order valence-corrected chi connectivity index (χ1v) is 12.5. The Balaban J connectivity index is 1.95. The Hall–Kier alpha value is -4.05. The molecule has 0 saturated heterocycles. The molecule has 0 aromatic heterocycles. The molecular formula is C26H28N2O7S. The van der Waals surface area contributed by atoms with E-state index < -0.39 is 28.4 Å². The van der Waals surface area contributed by atoms with E-state index in [0.717, 1.165) is 4.31 Å². The SMILES string of the molecule is CCOC(=O)c1ccc(NC(=O)CN(c2ccc(OC)cc2OC)S(=O)(=O)c2ccccc2)c(C)c1. The molecule has 1 amide bonds. The van der Waals surface area contributed by atoms with Gasteiger partial charge in [-0.3, -0.25) is 9.10 Å². The molecule has 0 fully saturated rings. The predicted octanol–water partition coefficient (Wildman–Crippen LogP) is 4.02. The zero-order chi connectivity index (χ0) is 26.3. The number of rotatable bonds is 10. The van der Waals surface area contributed by atoms with Crippen LogP contribution in [0, 0.1) is 6.92 Å². The lowest BCUT2D eigenvalue weighted by Gasteiger charge is -2.26. The number of aryl methyl sites for hydroxylation is 1. The highest BCUT2D eigenvalue weighted by atomic mass is 32.2. The Morgan fingerprint density at radius 2 is 1.67 bits per heavy atom. The van der Waals surface area contributed by atoms with Gasteiger partial charge in [-0.2, -0.15) is 0 Å². The summed E-state index contributed by atoms with van der Waals surface area (Å²) in [6.07, 6.45) is 0. The summed E-state index contributed by atoms with van der Waals surface area (Å²) in [4.78, 5) is 25.1. The third-order valence-corrected chi connectivity index (χ3v) is 7.06. The molecule has 0 aliphatic rings. The van der Waals surface area contributed by atoms with Crippen molar-refractivity contribution in [2.75, 3.05) is 37.0 Å². The third-order valence-electron chi connectivity index (χ3n) is 5.29. The zero-order valence-corrected chi connectivity index (χ0v) is 21.3. The molecule has 0 radical (unpaired) electrons. The van der Waals surface area contributed by atoms with E-state index in [1.807, 2.05) is 0 Å². The Labute approximate surface area is 210 Å². The number of benzene rings is 3. The molecule has 0 saturated carbocycles. The van der Waals surface area contributed by atoms with Crippen molar-refractivity contribution in [1.29, 1.82) is 0 Å². The van der Waals surface area contributed by atoms with Gasteiger partial charge in [0.25, 0.3) is 10.0 Å². The van der Waals surface area contributed by atoms with Gasteiger partial charge in [0.15, 0.2) is 0 Å². The smallest absolute Gasteiger partial charge is 0.338 e. The monoisotopic (exact) mass is 512 g/mol. The van der Waals surface area contributed by atoms with Gasteiger partial charge in [0.2, 0.25) is 5.91 Å². The van der Waals surface area contributed by atoms with Crippen LogP contribution in [0.3, 0.4) is 0 Å². The van der Waals surface area contributed by atoms with E-state index >= 15 is 0 Å². The van der Waals surface area contributed by atoms with E-state index in [2.05, 4.69) is 5.32 Å². The molecule has 10 heteroatoms. The molecule has 0 unspecified atom stereocenters. The van der Waals surface area contributed by atoms with E-state index in [0.29, 0.717) is 22.6 Å². The number of nitrogens with zero attached hydrogens (tertiary/aromatic N) is 1. The molecule has 3 aromatic rings. The summed E-state index contributed by atoms with van der Waals surface area (Å²) in [5.74, 6) is -0.365. The van der Waals surface area contributed by atoms with Gasteiger partial charge in [-0.05, 0) is 61.9 Å². The van der Waals surface area contributed by atoms with Crippen LogP contribution in [0.25, 0.3) is 0 Å². The van der Waals surface area contributed by atoms with Crippen LogP contribution in [0.2, 0.25) is 0 Å². The fourth-order valence-corrected chi connectivity index (χ4v) is 4.93. The highest BCUT2D eigenvalue weighted by Crippen LogP contribution is 2.35. The van der Waals surface area contributed by atoms with Crippen LogP contribution < -0.4 is 19.1 Å². The van der Waals surface area contributed by atoms with E-state index in [-0.39, 0.29) is 22.9 Å². The summed E-state index contributed by atoms with van der Waals surface area (Å²) in [6.45, 7) is 3.16. The molecule has 0 atom stereocenters. The second-order valence-electron chi connectivity index (χ2n) is 7.66. The van der Waals surface area contributed by atoms with Crippen molar-refractivity contribution in [3.05, 3.63) is 77.9 Å². The maximum absolute atomic E-state index is 13.6. The molecular weight excluding hydrogens is 484 g/mol. The molecule has 36 heavy (non-hydrogen) atoms. The quantitative estimate of drug-likeness (QED) is 0.409. The van der Waals surface area contributed by atoms with Gasteiger partial charge in [-0.25, -0.2) is 13.2 Å². The molecule has 190 valence electrons. The van der Waals surface area contributed by atoms with E-state index in [4.69, 9.17) is 14.2 Å². The molecule has 0 aliphatic heterocycles. The summed E-state index contributed by atoms with van der Waals surface area (Å²) < 4.78 is 43.8. The first kappa shape index (κ1) is 26.6. The lowest BCUT2D eigenvalue weighted by atomic mass is 10.1. The molecule has 3 rings (SSSR count). The second-order valence-corrected chi connectivity index (χ2v) is 9.52. The zero-order valence-electron chi connectivity index (χ0n) is 20.5. The fourth-order valence-electron chi connectivity index (χ4n) is 3.48. The largest absolute Gasteiger partial charge is 0.497 e. The minimum atomic E-state index is -4.14. The van der Waals surface area contributed by atoms with Gasteiger partial charge in [0.1, 0.15) is 18.0 Å². The van der Waals surface area contributed by atoms with Gasteiger partial charge in [-0.15, -0.1) is 0 Å². The lowest BCUT2D eigenvalue weighted by Crippen LogP contribution is -2.38.